The van der Waals surface area contributed by atoms with Gasteiger partial charge in [0.05, 0.1) is 15.6 Å². The third-order valence-corrected chi connectivity index (χ3v) is 10.1. The highest BCUT2D eigenvalue weighted by Gasteiger charge is 2.46. The van der Waals surface area contributed by atoms with Crippen LogP contribution >= 0.6 is 11.3 Å². The van der Waals surface area contributed by atoms with Gasteiger partial charge in [0.2, 0.25) is 0 Å². The highest BCUT2D eigenvalue weighted by atomic mass is 32.1. The third-order valence-electron chi connectivity index (χ3n) is 8.97. The summed E-state index contributed by atoms with van der Waals surface area (Å²) in [6.07, 6.45) is 0. The molecular weight excluding hydrogens is 527 g/mol. The molecule has 2 heteroatoms. The summed E-state index contributed by atoms with van der Waals surface area (Å²) in [4.78, 5) is 5.04. The zero-order valence-corrected chi connectivity index (χ0v) is 23.6. The number of para-hydroxylation sites is 1. The lowest BCUT2D eigenvalue weighted by Gasteiger charge is -2.34. The van der Waals surface area contributed by atoms with Gasteiger partial charge in [-0.3, -0.25) is 0 Å². The van der Waals surface area contributed by atoms with Gasteiger partial charge in [0, 0.05) is 5.56 Å². The van der Waals surface area contributed by atoms with Crippen LogP contribution in [0.4, 0.5) is 0 Å². The van der Waals surface area contributed by atoms with Gasteiger partial charge in [-0.1, -0.05) is 127 Å². The smallest absolute Gasteiger partial charge is 0.124 e. The SMILES string of the molecule is c1ccc(C2(c3ccc4c(ccc5ccccc54)c3)c3ccccc3-c3ccc(-c4nc5ccccc5s4)cc32)cc1. The standard InChI is InChI=1S/C40H25NS/c1-2-11-29(12-3-1)40(30-21-23-32-27(24-30)19-18-26-10-4-5-13-31(26)32)35-15-7-6-14-33(35)34-22-20-28(25-36(34)40)39-41-37-16-8-9-17-38(37)42-39/h1-25H. The van der Waals surface area contributed by atoms with E-state index in [0.717, 1.165) is 16.1 Å². The molecule has 0 radical (unpaired) electrons. The number of nitrogens with zero attached hydrogens (tertiary/aromatic N) is 1. The Balaban J connectivity index is 1.37. The van der Waals surface area contributed by atoms with Crippen LogP contribution in [0.25, 0.3) is 53.5 Å². The molecular formula is C40H25NS. The number of hydrogen-bond donors (Lipinski definition) is 0. The summed E-state index contributed by atoms with van der Waals surface area (Å²) < 4.78 is 1.22. The molecule has 0 amide bonds. The van der Waals surface area contributed by atoms with Crippen LogP contribution in [0, 0.1) is 0 Å². The second-order valence-corrected chi connectivity index (χ2v) is 12.2. The van der Waals surface area contributed by atoms with E-state index >= 15 is 0 Å². The van der Waals surface area contributed by atoms with E-state index in [4.69, 9.17) is 4.98 Å². The van der Waals surface area contributed by atoms with Gasteiger partial charge >= 0.3 is 0 Å². The quantitative estimate of drug-likeness (QED) is 0.199. The molecule has 0 aliphatic heterocycles. The van der Waals surface area contributed by atoms with Crippen LogP contribution in [-0.4, -0.2) is 4.98 Å². The lowest BCUT2D eigenvalue weighted by atomic mass is 9.67. The summed E-state index contributed by atoms with van der Waals surface area (Å²) in [6, 6.07) is 55.7. The maximum atomic E-state index is 5.04. The molecule has 0 spiro atoms. The first-order valence-electron chi connectivity index (χ1n) is 14.4. The number of hydrogen-bond acceptors (Lipinski definition) is 2. The van der Waals surface area contributed by atoms with Crippen molar-refractivity contribution in [3.63, 3.8) is 0 Å². The second-order valence-electron chi connectivity index (χ2n) is 11.1. The topological polar surface area (TPSA) is 12.9 Å². The molecule has 0 bridgehead atoms. The maximum absolute atomic E-state index is 5.04. The molecule has 1 unspecified atom stereocenters. The fourth-order valence-electron chi connectivity index (χ4n) is 7.13. The van der Waals surface area contributed by atoms with Gasteiger partial charge in [-0.05, 0) is 79.2 Å². The van der Waals surface area contributed by atoms with E-state index in [-0.39, 0.29) is 0 Å². The minimum Gasteiger partial charge on any atom is -0.236 e. The Morgan fingerprint density at radius 3 is 2.14 bits per heavy atom. The first-order chi connectivity index (χ1) is 20.8. The number of thiazole rings is 1. The van der Waals surface area contributed by atoms with E-state index in [1.165, 1.54) is 59.6 Å². The summed E-state index contributed by atoms with van der Waals surface area (Å²) in [7, 11) is 0. The van der Waals surface area contributed by atoms with Crippen molar-refractivity contribution in [3.8, 4) is 21.7 Å². The molecule has 1 heterocycles. The van der Waals surface area contributed by atoms with Gasteiger partial charge in [-0.25, -0.2) is 4.98 Å². The minimum absolute atomic E-state index is 0.459. The van der Waals surface area contributed by atoms with Gasteiger partial charge in [0.1, 0.15) is 5.01 Å². The molecule has 1 atom stereocenters. The molecule has 1 nitrogen and oxygen atoms in total. The van der Waals surface area contributed by atoms with Crippen LogP contribution in [0.1, 0.15) is 22.3 Å². The Morgan fingerprint density at radius 2 is 1.21 bits per heavy atom. The summed E-state index contributed by atoms with van der Waals surface area (Å²) in [5.41, 5.74) is 9.54. The van der Waals surface area contributed by atoms with Crippen LogP contribution in [0.3, 0.4) is 0 Å². The highest BCUT2D eigenvalue weighted by Crippen LogP contribution is 2.57. The first-order valence-corrected chi connectivity index (χ1v) is 15.2. The predicted octanol–water partition coefficient (Wildman–Crippen LogP) is 10.6. The van der Waals surface area contributed by atoms with Gasteiger partial charge in [0.15, 0.2) is 0 Å². The lowest BCUT2D eigenvalue weighted by Crippen LogP contribution is -2.28. The van der Waals surface area contributed by atoms with Crippen molar-refractivity contribution in [2.45, 2.75) is 5.41 Å². The number of fused-ring (bicyclic) bond motifs is 7. The Morgan fingerprint density at radius 1 is 0.476 bits per heavy atom. The average molecular weight is 552 g/mol. The Hall–Kier alpha value is -5.05. The van der Waals surface area contributed by atoms with Crippen molar-refractivity contribution < 1.29 is 0 Å². The maximum Gasteiger partial charge on any atom is 0.124 e. The van der Waals surface area contributed by atoms with Crippen LogP contribution in [0.15, 0.2) is 152 Å². The predicted molar refractivity (Wildman–Crippen MR) is 177 cm³/mol. The molecule has 0 fully saturated rings. The summed E-state index contributed by atoms with van der Waals surface area (Å²) in [5, 5.41) is 6.17. The lowest BCUT2D eigenvalue weighted by molar-refractivity contribution is 0.770. The largest absolute Gasteiger partial charge is 0.236 e. The first kappa shape index (κ1) is 23.6. The van der Waals surface area contributed by atoms with E-state index in [1.807, 2.05) is 0 Å². The molecule has 1 aliphatic carbocycles. The van der Waals surface area contributed by atoms with E-state index in [1.54, 1.807) is 11.3 Å². The molecule has 42 heavy (non-hydrogen) atoms. The molecule has 0 saturated heterocycles. The van der Waals surface area contributed by atoms with Gasteiger partial charge < -0.3 is 0 Å². The fourth-order valence-corrected chi connectivity index (χ4v) is 8.09. The average Bonchev–Trinajstić information content (AvgIpc) is 3.62. The van der Waals surface area contributed by atoms with Gasteiger partial charge in [0.25, 0.3) is 0 Å². The Bertz CT molecular complexity index is 2280. The zero-order valence-electron chi connectivity index (χ0n) is 22.8. The van der Waals surface area contributed by atoms with Crippen molar-refractivity contribution >= 4 is 43.1 Å². The van der Waals surface area contributed by atoms with Crippen LogP contribution in [-0.2, 0) is 5.41 Å². The molecule has 7 aromatic carbocycles. The number of benzene rings is 7. The number of aromatic nitrogens is 1. The van der Waals surface area contributed by atoms with E-state index in [2.05, 4.69) is 152 Å². The van der Waals surface area contributed by atoms with Crippen LogP contribution in [0.2, 0.25) is 0 Å². The fraction of sp³-hybridized carbons (Fsp3) is 0.0250. The van der Waals surface area contributed by atoms with Crippen molar-refractivity contribution in [2.24, 2.45) is 0 Å². The van der Waals surface area contributed by atoms with E-state index in [0.29, 0.717) is 0 Å². The third kappa shape index (κ3) is 3.27. The van der Waals surface area contributed by atoms with E-state index < -0.39 is 5.41 Å². The van der Waals surface area contributed by atoms with Crippen molar-refractivity contribution in [2.75, 3.05) is 0 Å². The number of rotatable bonds is 3. The molecule has 1 aromatic heterocycles. The molecule has 196 valence electrons. The molecule has 9 rings (SSSR count). The summed E-state index contributed by atoms with van der Waals surface area (Å²) in [6.45, 7) is 0. The van der Waals surface area contributed by atoms with Gasteiger partial charge in [-0.2, -0.15) is 0 Å². The van der Waals surface area contributed by atoms with Crippen molar-refractivity contribution in [1.82, 2.24) is 4.98 Å². The van der Waals surface area contributed by atoms with Crippen molar-refractivity contribution in [3.05, 3.63) is 174 Å². The van der Waals surface area contributed by atoms with Crippen LogP contribution in [0.5, 0.6) is 0 Å². The Kier molecular flexibility index (Phi) is 5.05. The summed E-state index contributed by atoms with van der Waals surface area (Å²) in [5.74, 6) is 0. The molecule has 8 aromatic rings. The normalized spacial score (nSPS) is 15.7. The van der Waals surface area contributed by atoms with E-state index in [9.17, 15) is 0 Å². The molecule has 1 aliphatic rings. The molecule has 0 saturated carbocycles. The molecule has 0 N–H and O–H groups in total. The highest BCUT2D eigenvalue weighted by molar-refractivity contribution is 7.21. The monoisotopic (exact) mass is 551 g/mol. The summed E-state index contributed by atoms with van der Waals surface area (Å²) >= 11 is 1.76. The zero-order chi connectivity index (χ0) is 27.7. The van der Waals surface area contributed by atoms with Crippen LogP contribution < -0.4 is 0 Å². The second kappa shape index (κ2) is 8.97. The Labute approximate surface area is 248 Å². The van der Waals surface area contributed by atoms with Gasteiger partial charge in [-0.15, -0.1) is 11.3 Å². The minimum atomic E-state index is -0.459. The van der Waals surface area contributed by atoms with Crippen molar-refractivity contribution in [1.29, 1.82) is 0 Å².